The van der Waals surface area contributed by atoms with Crippen molar-refractivity contribution in [2.24, 2.45) is 0 Å². The van der Waals surface area contributed by atoms with Crippen LogP contribution in [-0.2, 0) is 17.5 Å². The monoisotopic (exact) mass is 449 g/mol. The number of carboxylic acids is 1. The second-order valence-electron chi connectivity index (χ2n) is 7.88. The van der Waals surface area contributed by atoms with Crippen LogP contribution >= 0.6 is 0 Å². The lowest BCUT2D eigenvalue weighted by molar-refractivity contribution is -0.152. The lowest BCUT2D eigenvalue weighted by Gasteiger charge is -2.23. The van der Waals surface area contributed by atoms with Crippen LogP contribution in [0.1, 0.15) is 36.4 Å². The topological polar surface area (TPSA) is 86.4 Å². The Hall–Kier alpha value is -3.56. The number of carbonyl (C=O) groups is 1. The number of benzene rings is 2. The van der Waals surface area contributed by atoms with Crippen molar-refractivity contribution in [2.75, 3.05) is 0 Å². The van der Waals surface area contributed by atoms with Gasteiger partial charge in [-0.1, -0.05) is 12.1 Å². The van der Waals surface area contributed by atoms with Gasteiger partial charge in [-0.2, -0.15) is 18.3 Å². The van der Waals surface area contributed by atoms with Crippen LogP contribution in [0.2, 0.25) is 0 Å². The van der Waals surface area contributed by atoms with Gasteiger partial charge in [0.1, 0.15) is 11.6 Å². The van der Waals surface area contributed by atoms with Crippen molar-refractivity contribution >= 4 is 5.97 Å². The molecule has 0 atom stereocenters. The quantitative estimate of drug-likeness (QED) is 0.616. The van der Waals surface area contributed by atoms with Crippen molar-refractivity contribution in [2.45, 2.75) is 46.0 Å². The zero-order valence-electron chi connectivity index (χ0n) is 17.9. The molecule has 10 heteroatoms. The largest absolute Gasteiger partial charge is 0.478 e. The number of carboxylic acid groups (broad SMARTS) is 1. The van der Waals surface area contributed by atoms with Crippen molar-refractivity contribution in [1.82, 2.24) is 14.3 Å². The first-order chi connectivity index (χ1) is 14.8. The normalized spacial score (nSPS) is 12.1. The minimum absolute atomic E-state index is 0.122. The van der Waals surface area contributed by atoms with Crippen LogP contribution in [0.4, 0.5) is 13.2 Å². The molecule has 0 bridgehead atoms. The number of halogens is 3. The fourth-order valence-electron chi connectivity index (χ4n) is 3.13. The summed E-state index contributed by atoms with van der Waals surface area (Å²) in [5, 5.41) is 13.4. The molecule has 2 aromatic carbocycles. The molecule has 32 heavy (non-hydrogen) atoms. The van der Waals surface area contributed by atoms with E-state index >= 15 is 0 Å². The van der Waals surface area contributed by atoms with E-state index in [1.54, 1.807) is 32.0 Å². The summed E-state index contributed by atoms with van der Waals surface area (Å²) in [6.45, 7) is 6.35. The number of aryl methyl sites for hydroxylation is 2. The van der Waals surface area contributed by atoms with Crippen LogP contribution in [-0.4, -0.2) is 31.0 Å². The zero-order chi connectivity index (χ0) is 23.8. The molecular weight excluding hydrogens is 427 g/mol. The summed E-state index contributed by atoms with van der Waals surface area (Å²) in [5.74, 6) is -0.369. The molecule has 0 unspecified atom stereocenters. The van der Waals surface area contributed by atoms with Crippen molar-refractivity contribution in [3.63, 3.8) is 0 Å². The predicted octanol–water partition coefficient (Wildman–Crippen LogP) is 3.96. The molecule has 0 fully saturated rings. The average molecular weight is 449 g/mol. The van der Waals surface area contributed by atoms with Gasteiger partial charge in [0.2, 0.25) is 0 Å². The lowest BCUT2D eigenvalue weighted by atomic mass is 10.1. The van der Waals surface area contributed by atoms with E-state index in [1.165, 1.54) is 35.2 Å². The van der Waals surface area contributed by atoms with E-state index in [2.05, 4.69) is 5.10 Å². The van der Waals surface area contributed by atoms with E-state index in [0.29, 0.717) is 17.1 Å². The molecule has 3 aromatic rings. The Morgan fingerprint density at radius 2 is 1.72 bits per heavy atom. The molecule has 170 valence electrons. The number of rotatable bonds is 6. The maximum absolute atomic E-state index is 12.8. The summed E-state index contributed by atoms with van der Waals surface area (Å²) < 4.78 is 46.4. The molecule has 3 rings (SSSR count). The van der Waals surface area contributed by atoms with E-state index in [0.717, 1.165) is 17.7 Å². The molecule has 0 aliphatic heterocycles. The molecule has 7 nitrogen and oxygen atoms in total. The Morgan fingerprint density at radius 3 is 2.25 bits per heavy atom. The number of ether oxygens (including phenoxy) is 1. The summed E-state index contributed by atoms with van der Waals surface area (Å²) in [5.41, 5.74) is -1.01. The first-order valence-corrected chi connectivity index (χ1v) is 9.65. The number of aliphatic carboxylic acids is 1. The molecule has 1 aromatic heterocycles. The summed E-state index contributed by atoms with van der Waals surface area (Å²) in [7, 11) is 0. The van der Waals surface area contributed by atoms with Gasteiger partial charge < -0.3 is 9.84 Å². The maximum Gasteiger partial charge on any atom is 0.416 e. The van der Waals surface area contributed by atoms with Crippen LogP contribution in [0.15, 0.2) is 47.3 Å². The minimum atomic E-state index is -4.46. The van der Waals surface area contributed by atoms with Crippen molar-refractivity contribution in [1.29, 1.82) is 0 Å². The molecule has 1 heterocycles. The third-order valence-electron chi connectivity index (χ3n) is 4.91. The highest BCUT2D eigenvalue weighted by Crippen LogP contribution is 2.29. The Balaban J connectivity index is 1.86. The smallest absolute Gasteiger partial charge is 0.416 e. The highest BCUT2D eigenvalue weighted by atomic mass is 19.4. The third kappa shape index (κ3) is 4.68. The van der Waals surface area contributed by atoms with Crippen LogP contribution in [0.5, 0.6) is 5.75 Å². The van der Waals surface area contributed by atoms with Gasteiger partial charge >= 0.3 is 17.8 Å². The number of alkyl halides is 3. The van der Waals surface area contributed by atoms with Crippen molar-refractivity contribution in [3.8, 4) is 11.4 Å². The SMILES string of the molecule is Cc1cc(Cn2nc(C)n(-c3ccc(C(F)(F)F)cc3)c2=O)ccc1OC(C)(C)C(=O)O. The van der Waals surface area contributed by atoms with Gasteiger partial charge in [-0.15, -0.1) is 0 Å². The third-order valence-corrected chi connectivity index (χ3v) is 4.91. The molecule has 1 N–H and O–H groups in total. The van der Waals surface area contributed by atoms with E-state index in [4.69, 9.17) is 4.74 Å². The Morgan fingerprint density at radius 1 is 1.09 bits per heavy atom. The second-order valence-corrected chi connectivity index (χ2v) is 7.88. The molecule has 0 saturated heterocycles. The van der Waals surface area contributed by atoms with E-state index in [-0.39, 0.29) is 12.2 Å². The summed E-state index contributed by atoms with van der Waals surface area (Å²) in [6.07, 6.45) is -4.46. The van der Waals surface area contributed by atoms with Gasteiger partial charge in [0.05, 0.1) is 17.8 Å². The Bertz CT molecular complexity index is 1210. The van der Waals surface area contributed by atoms with Crippen molar-refractivity contribution < 1.29 is 27.8 Å². The fourth-order valence-corrected chi connectivity index (χ4v) is 3.13. The highest BCUT2D eigenvalue weighted by molar-refractivity contribution is 5.76. The molecule has 0 spiro atoms. The van der Waals surface area contributed by atoms with Crippen LogP contribution < -0.4 is 10.4 Å². The summed E-state index contributed by atoms with van der Waals surface area (Å²) >= 11 is 0. The van der Waals surface area contributed by atoms with Crippen LogP contribution in [0.25, 0.3) is 5.69 Å². The van der Waals surface area contributed by atoms with Crippen molar-refractivity contribution in [3.05, 3.63) is 75.5 Å². The van der Waals surface area contributed by atoms with Crippen LogP contribution in [0.3, 0.4) is 0 Å². The zero-order valence-corrected chi connectivity index (χ0v) is 17.9. The number of hydrogen-bond acceptors (Lipinski definition) is 4. The average Bonchev–Trinajstić information content (AvgIpc) is 2.96. The predicted molar refractivity (Wildman–Crippen MR) is 110 cm³/mol. The van der Waals surface area contributed by atoms with Gasteiger partial charge in [0.25, 0.3) is 0 Å². The fraction of sp³-hybridized carbons (Fsp3) is 0.318. The molecular formula is C22H22F3N3O4. The highest BCUT2D eigenvalue weighted by Gasteiger charge is 2.31. The van der Waals surface area contributed by atoms with Gasteiger partial charge in [-0.3, -0.25) is 0 Å². The maximum atomic E-state index is 12.8. The molecule has 0 saturated carbocycles. The van der Waals surface area contributed by atoms with Gasteiger partial charge in [0, 0.05) is 0 Å². The molecule has 0 radical (unpaired) electrons. The van der Waals surface area contributed by atoms with Gasteiger partial charge in [-0.05, 0) is 69.2 Å². The summed E-state index contributed by atoms with van der Waals surface area (Å²) in [4.78, 5) is 24.1. The number of aromatic nitrogens is 3. The Kier molecular flexibility index (Phi) is 5.90. The van der Waals surface area contributed by atoms with E-state index in [9.17, 15) is 27.9 Å². The first kappa shape index (κ1) is 23.1. The van der Waals surface area contributed by atoms with E-state index < -0.39 is 29.0 Å². The lowest BCUT2D eigenvalue weighted by Crippen LogP contribution is -2.38. The van der Waals surface area contributed by atoms with Gasteiger partial charge in [0.15, 0.2) is 5.60 Å². The minimum Gasteiger partial charge on any atom is -0.478 e. The van der Waals surface area contributed by atoms with Crippen LogP contribution in [0, 0.1) is 13.8 Å². The number of nitrogens with zero attached hydrogens (tertiary/aromatic N) is 3. The number of hydrogen-bond donors (Lipinski definition) is 1. The second kappa shape index (κ2) is 8.18. The van der Waals surface area contributed by atoms with E-state index in [1.807, 2.05) is 0 Å². The molecule has 0 aliphatic carbocycles. The Labute approximate surface area is 181 Å². The molecule has 0 aliphatic rings. The standard InChI is InChI=1S/C22H22F3N3O4/c1-13-11-15(5-10-18(13)32-21(3,4)19(29)30)12-27-20(31)28(14(2)26-27)17-8-6-16(7-9-17)22(23,24)25/h5-11H,12H2,1-4H3,(H,29,30). The molecule has 0 amide bonds. The van der Waals surface area contributed by atoms with Gasteiger partial charge in [-0.25, -0.2) is 18.8 Å². The summed E-state index contributed by atoms with van der Waals surface area (Å²) in [6, 6.07) is 9.36. The first-order valence-electron chi connectivity index (χ1n) is 9.65.